The summed E-state index contributed by atoms with van der Waals surface area (Å²) in [5.41, 5.74) is 0.620. The molecule has 7 heteroatoms. The summed E-state index contributed by atoms with van der Waals surface area (Å²) < 4.78 is 26.0. The molecule has 20 heavy (non-hydrogen) atoms. The van der Waals surface area contributed by atoms with Gasteiger partial charge in [-0.3, -0.25) is 10.1 Å². The van der Waals surface area contributed by atoms with Crippen molar-refractivity contribution in [2.24, 2.45) is 0 Å². The number of nitrogens with zero attached hydrogens (tertiary/aromatic N) is 1. The summed E-state index contributed by atoms with van der Waals surface area (Å²) in [6.07, 6.45) is 0. The predicted octanol–water partition coefficient (Wildman–Crippen LogP) is 3.79. The molecule has 1 N–H and O–H groups in total. The van der Waals surface area contributed by atoms with Gasteiger partial charge in [-0.15, -0.1) is 0 Å². The predicted molar refractivity (Wildman–Crippen MR) is 72.6 cm³/mol. The van der Waals surface area contributed by atoms with Crippen LogP contribution in [0.15, 0.2) is 30.3 Å². The van der Waals surface area contributed by atoms with E-state index < -0.39 is 16.6 Å². The molecule has 1 atom stereocenters. The molecule has 0 radical (unpaired) electrons. The highest BCUT2D eigenvalue weighted by Crippen LogP contribution is 2.24. The van der Waals surface area contributed by atoms with Gasteiger partial charge in [-0.25, -0.2) is 8.78 Å². The third-order valence-electron chi connectivity index (χ3n) is 2.85. The molecule has 0 spiro atoms. The Labute approximate surface area is 118 Å². The van der Waals surface area contributed by atoms with Crippen molar-refractivity contribution in [2.75, 3.05) is 0 Å². The highest BCUT2D eigenvalue weighted by molar-refractivity contribution is 7.15. The van der Waals surface area contributed by atoms with Crippen LogP contribution in [0.3, 0.4) is 0 Å². The third-order valence-corrected chi connectivity index (χ3v) is 3.89. The fraction of sp³-hybridized carbons (Fsp3) is 0.231. The molecule has 1 aromatic heterocycles. The Morgan fingerprint density at radius 1 is 1.30 bits per heavy atom. The van der Waals surface area contributed by atoms with E-state index in [9.17, 15) is 18.9 Å². The van der Waals surface area contributed by atoms with E-state index in [0.717, 1.165) is 28.3 Å². The van der Waals surface area contributed by atoms with Crippen LogP contribution in [0, 0.1) is 21.7 Å². The van der Waals surface area contributed by atoms with Crippen LogP contribution in [0.1, 0.15) is 23.4 Å². The average molecular weight is 298 g/mol. The minimum Gasteiger partial charge on any atom is -0.305 e. The molecule has 0 saturated carbocycles. The van der Waals surface area contributed by atoms with Crippen LogP contribution in [0.2, 0.25) is 0 Å². The van der Waals surface area contributed by atoms with Gasteiger partial charge in [0.05, 0.1) is 4.92 Å². The molecule has 0 aliphatic carbocycles. The van der Waals surface area contributed by atoms with Crippen molar-refractivity contribution in [3.8, 4) is 0 Å². The van der Waals surface area contributed by atoms with Crippen molar-refractivity contribution in [3.63, 3.8) is 0 Å². The number of benzene rings is 1. The minimum atomic E-state index is -0.886. The quantitative estimate of drug-likeness (QED) is 0.675. The second-order valence-corrected chi connectivity index (χ2v) is 5.42. The molecule has 0 bridgehead atoms. The van der Waals surface area contributed by atoms with E-state index in [0.29, 0.717) is 12.1 Å². The molecule has 1 aromatic carbocycles. The number of thiophene rings is 1. The molecular weight excluding hydrogens is 286 g/mol. The first-order valence-electron chi connectivity index (χ1n) is 5.89. The molecule has 4 nitrogen and oxygen atoms in total. The monoisotopic (exact) mass is 298 g/mol. The maximum absolute atomic E-state index is 13.1. The summed E-state index contributed by atoms with van der Waals surface area (Å²) in [6.45, 7) is 2.24. The number of halogens is 2. The van der Waals surface area contributed by atoms with Gasteiger partial charge >= 0.3 is 5.00 Å². The van der Waals surface area contributed by atoms with Gasteiger partial charge in [-0.1, -0.05) is 17.4 Å². The summed E-state index contributed by atoms with van der Waals surface area (Å²) in [5, 5.41) is 13.8. The van der Waals surface area contributed by atoms with Gasteiger partial charge in [-0.2, -0.15) is 0 Å². The molecule has 0 fully saturated rings. The molecule has 0 aliphatic heterocycles. The Kier molecular flexibility index (Phi) is 4.41. The first-order chi connectivity index (χ1) is 9.47. The van der Waals surface area contributed by atoms with E-state index in [4.69, 9.17) is 0 Å². The summed E-state index contributed by atoms with van der Waals surface area (Å²) in [7, 11) is 0. The van der Waals surface area contributed by atoms with Gasteiger partial charge < -0.3 is 5.32 Å². The largest absolute Gasteiger partial charge is 0.324 e. The van der Waals surface area contributed by atoms with E-state index in [1.807, 2.05) is 6.92 Å². The van der Waals surface area contributed by atoms with E-state index in [2.05, 4.69) is 5.32 Å². The molecule has 106 valence electrons. The lowest BCUT2D eigenvalue weighted by Crippen LogP contribution is -2.17. The van der Waals surface area contributed by atoms with Crippen LogP contribution in [0.25, 0.3) is 0 Å². The Hall–Kier alpha value is -1.86. The Balaban J connectivity index is 1.98. The van der Waals surface area contributed by atoms with Crippen molar-refractivity contribution < 1.29 is 13.7 Å². The van der Waals surface area contributed by atoms with E-state index in [1.165, 1.54) is 12.1 Å². The second kappa shape index (κ2) is 6.06. The smallest absolute Gasteiger partial charge is 0.305 e. The van der Waals surface area contributed by atoms with Crippen molar-refractivity contribution in [1.29, 1.82) is 0 Å². The van der Waals surface area contributed by atoms with Crippen LogP contribution < -0.4 is 5.32 Å². The Morgan fingerprint density at radius 2 is 2.05 bits per heavy atom. The minimum absolute atomic E-state index is 0.0854. The molecule has 0 amide bonds. The third kappa shape index (κ3) is 3.37. The fourth-order valence-corrected chi connectivity index (χ4v) is 2.48. The number of rotatable bonds is 5. The van der Waals surface area contributed by atoms with Gasteiger partial charge in [0.1, 0.15) is 0 Å². The summed E-state index contributed by atoms with van der Waals surface area (Å²) >= 11 is 1.09. The van der Waals surface area contributed by atoms with Crippen LogP contribution >= 0.6 is 11.3 Å². The van der Waals surface area contributed by atoms with Crippen LogP contribution in [0.4, 0.5) is 13.8 Å². The molecular formula is C13H12F2N2O2S. The zero-order chi connectivity index (χ0) is 14.7. The van der Waals surface area contributed by atoms with Gasteiger partial charge in [0, 0.05) is 23.5 Å². The van der Waals surface area contributed by atoms with Gasteiger partial charge in [0.15, 0.2) is 11.6 Å². The lowest BCUT2D eigenvalue weighted by molar-refractivity contribution is -0.380. The van der Waals surface area contributed by atoms with E-state index in [1.54, 1.807) is 6.07 Å². The van der Waals surface area contributed by atoms with Crippen molar-refractivity contribution in [1.82, 2.24) is 5.32 Å². The van der Waals surface area contributed by atoms with Crippen LogP contribution in [-0.4, -0.2) is 4.92 Å². The van der Waals surface area contributed by atoms with Crippen molar-refractivity contribution in [2.45, 2.75) is 19.5 Å². The van der Waals surface area contributed by atoms with E-state index in [-0.39, 0.29) is 11.0 Å². The molecule has 2 rings (SSSR count). The number of nitrogens with one attached hydrogen (secondary N) is 1. The number of hydrogen-bond acceptors (Lipinski definition) is 4. The van der Waals surface area contributed by atoms with E-state index >= 15 is 0 Å². The molecule has 0 saturated heterocycles. The Morgan fingerprint density at radius 3 is 2.65 bits per heavy atom. The highest BCUT2D eigenvalue weighted by atomic mass is 32.1. The number of nitro groups is 1. The zero-order valence-corrected chi connectivity index (χ0v) is 11.4. The summed E-state index contributed by atoms with van der Waals surface area (Å²) in [4.78, 5) is 10.9. The maximum Gasteiger partial charge on any atom is 0.324 e. The van der Waals surface area contributed by atoms with Crippen molar-refractivity contribution >= 4 is 16.3 Å². The summed E-state index contributed by atoms with van der Waals surface area (Å²) in [6, 6.07) is 6.67. The summed E-state index contributed by atoms with van der Waals surface area (Å²) in [5.74, 6) is -1.77. The second-order valence-electron chi connectivity index (χ2n) is 4.27. The van der Waals surface area contributed by atoms with Crippen molar-refractivity contribution in [3.05, 3.63) is 62.5 Å². The standard InChI is InChI=1S/C13H12F2N2O2S/c1-8(9-2-4-11(14)12(15)6-9)16-7-10-3-5-13(20-10)17(18)19/h2-6,8,16H,7H2,1H3. The molecule has 1 unspecified atom stereocenters. The molecule has 1 heterocycles. The van der Waals surface area contributed by atoms with Gasteiger partial charge in [0.2, 0.25) is 0 Å². The fourth-order valence-electron chi connectivity index (χ4n) is 1.71. The average Bonchev–Trinajstić information content (AvgIpc) is 2.88. The Bertz CT molecular complexity index is 631. The highest BCUT2D eigenvalue weighted by Gasteiger charge is 2.12. The first-order valence-corrected chi connectivity index (χ1v) is 6.70. The molecule has 0 aliphatic rings. The maximum atomic E-state index is 13.1. The molecule has 2 aromatic rings. The number of hydrogen-bond donors (Lipinski definition) is 1. The van der Waals surface area contributed by atoms with Gasteiger partial charge in [-0.05, 0) is 30.7 Å². The first kappa shape index (κ1) is 14.5. The lowest BCUT2D eigenvalue weighted by Gasteiger charge is -2.13. The normalized spacial score (nSPS) is 12.3. The topological polar surface area (TPSA) is 55.2 Å². The van der Waals surface area contributed by atoms with Crippen LogP contribution in [-0.2, 0) is 6.54 Å². The van der Waals surface area contributed by atoms with Gasteiger partial charge in [0.25, 0.3) is 0 Å². The lowest BCUT2D eigenvalue weighted by atomic mass is 10.1. The van der Waals surface area contributed by atoms with Crippen LogP contribution in [0.5, 0.6) is 0 Å². The zero-order valence-electron chi connectivity index (χ0n) is 10.6. The SMILES string of the molecule is CC(NCc1ccc([N+](=O)[O-])s1)c1ccc(F)c(F)c1.